The average Bonchev–Trinajstić information content (AvgIpc) is 3.73. The fourth-order valence-electron chi connectivity index (χ4n) is 7.01. The molecule has 0 spiro atoms. The van der Waals surface area contributed by atoms with E-state index in [1.165, 1.54) is 26.6 Å². The number of fused-ring (bicyclic) bond motifs is 7. The third kappa shape index (κ3) is 4.27. The third-order valence-corrected chi connectivity index (χ3v) is 10.5. The maximum Gasteiger partial charge on any atom is 0.161 e. The molecule has 0 atom stereocenters. The summed E-state index contributed by atoms with van der Waals surface area (Å²) in [7, 11) is 0. The van der Waals surface area contributed by atoms with Gasteiger partial charge in [0.15, 0.2) is 5.82 Å². The Labute approximate surface area is 280 Å². The molecule has 10 rings (SSSR count). The van der Waals surface area contributed by atoms with E-state index in [9.17, 15) is 0 Å². The Morgan fingerprint density at radius 2 is 1.17 bits per heavy atom. The molecule has 3 aromatic heterocycles. The summed E-state index contributed by atoms with van der Waals surface area (Å²) in [4.78, 5) is 10.5. The van der Waals surface area contributed by atoms with Crippen LogP contribution in [0.5, 0.6) is 0 Å². The lowest BCUT2D eigenvalue weighted by Crippen LogP contribution is -1.94. The molecule has 0 aliphatic carbocycles. The first kappa shape index (κ1) is 27.1. The Hall–Kier alpha value is -6.10. The molecule has 10 aromatic rings. The molecule has 0 aliphatic rings. The highest BCUT2D eigenvalue weighted by atomic mass is 32.1. The van der Waals surface area contributed by atoms with E-state index in [1.807, 2.05) is 18.2 Å². The summed E-state index contributed by atoms with van der Waals surface area (Å²) >= 11 is 1.75. The number of hydrogen-bond donors (Lipinski definition) is 0. The molecular formula is C44H26N2OS. The molecular weight excluding hydrogens is 605 g/mol. The lowest BCUT2D eigenvalue weighted by atomic mass is 9.96. The Balaban J connectivity index is 1.10. The minimum atomic E-state index is 0.700. The largest absolute Gasteiger partial charge is 0.456 e. The molecule has 0 aliphatic heterocycles. The van der Waals surface area contributed by atoms with Gasteiger partial charge < -0.3 is 4.42 Å². The molecule has 3 nitrogen and oxygen atoms in total. The van der Waals surface area contributed by atoms with Crippen LogP contribution in [0.25, 0.3) is 97.9 Å². The molecule has 0 unspecified atom stereocenters. The molecule has 0 N–H and O–H groups in total. The molecule has 48 heavy (non-hydrogen) atoms. The van der Waals surface area contributed by atoms with Gasteiger partial charge in [0.1, 0.15) is 11.2 Å². The highest BCUT2D eigenvalue weighted by Crippen LogP contribution is 2.42. The molecule has 224 valence electrons. The number of rotatable bonds is 4. The van der Waals surface area contributed by atoms with Crippen molar-refractivity contribution in [2.24, 2.45) is 0 Å². The Morgan fingerprint density at radius 1 is 0.458 bits per heavy atom. The minimum Gasteiger partial charge on any atom is -0.456 e. The van der Waals surface area contributed by atoms with E-state index in [1.54, 1.807) is 11.3 Å². The first-order valence-electron chi connectivity index (χ1n) is 16.1. The first-order chi connectivity index (χ1) is 23.8. The van der Waals surface area contributed by atoms with Crippen LogP contribution in [0.3, 0.4) is 0 Å². The average molecular weight is 631 g/mol. The second-order valence-electron chi connectivity index (χ2n) is 12.1. The monoisotopic (exact) mass is 630 g/mol. The Morgan fingerprint density at radius 3 is 2.06 bits per heavy atom. The van der Waals surface area contributed by atoms with Crippen molar-refractivity contribution in [1.82, 2.24) is 9.97 Å². The van der Waals surface area contributed by atoms with Gasteiger partial charge in [-0.25, -0.2) is 9.97 Å². The zero-order chi connectivity index (χ0) is 31.6. The molecule has 4 heteroatoms. The standard InChI is InChI=1S/C44H26N2OS/c1-2-11-30(12-3-1)41-43-42(35-15-6-7-19-39(35)48-43)46-44(45-41)36-17-9-18-37-40(36)34-25-24-31(26-38(34)47-37)27-20-22-29(23-21-27)33-16-8-13-28-10-4-5-14-32(28)33/h1-26H. The predicted molar refractivity (Wildman–Crippen MR) is 201 cm³/mol. The molecule has 0 fully saturated rings. The summed E-state index contributed by atoms with van der Waals surface area (Å²) < 4.78 is 8.83. The maximum atomic E-state index is 6.52. The summed E-state index contributed by atoms with van der Waals surface area (Å²) in [6, 6.07) is 55.5. The van der Waals surface area contributed by atoms with Gasteiger partial charge in [-0.05, 0) is 57.3 Å². The van der Waals surface area contributed by atoms with E-state index in [4.69, 9.17) is 14.4 Å². The van der Waals surface area contributed by atoms with Crippen LogP contribution < -0.4 is 0 Å². The lowest BCUT2D eigenvalue weighted by molar-refractivity contribution is 0.669. The van der Waals surface area contributed by atoms with Crippen LogP contribution in [0.4, 0.5) is 0 Å². The van der Waals surface area contributed by atoms with E-state index in [2.05, 4.69) is 140 Å². The van der Waals surface area contributed by atoms with E-state index in [0.717, 1.165) is 65.5 Å². The fourth-order valence-corrected chi connectivity index (χ4v) is 8.17. The van der Waals surface area contributed by atoms with Crippen LogP contribution in [0.2, 0.25) is 0 Å². The van der Waals surface area contributed by atoms with Crippen molar-refractivity contribution in [3.05, 3.63) is 158 Å². The van der Waals surface area contributed by atoms with Crippen molar-refractivity contribution < 1.29 is 4.42 Å². The quantitative estimate of drug-likeness (QED) is 0.194. The highest BCUT2D eigenvalue weighted by molar-refractivity contribution is 7.26. The zero-order valence-electron chi connectivity index (χ0n) is 25.7. The molecule has 0 saturated heterocycles. The van der Waals surface area contributed by atoms with Gasteiger partial charge in [-0.3, -0.25) is 0 Å². The van der Waals surface area contributed by atoms with E-state index < -0.39 is 0 Å². The van der Waals surface area contributed by atoms with Crippen molar-refractivity contribution in [2.45, 2.75) is 0 Å². The van der Waals surface area contributed by atoms with Gasteiger partial charge in [-0.15, -0.1) is 11.3 Å². The summed E-state index contributed by atoms with van der Waals surface area (Å²) in [5.41, 5.74) is 10.4. The number of aromatic nitrogens is 2. The van der Waals surface area contributed by atoms with Crippen molar-refractivity contribution in [2.75, 3.05) is 0 Å². The SMILES string of the molecule is c1ccc(-c2nc(-c3cccc4oc5cc(-c6ccc(-c7cccc8ccccc78)cc6)ccc5c34)nc3c2sc2ccccc23)cc1. The van der Waals surface area contributed by atoms with Crippen LogP contribution >= 0.6 is 11.3 Å². The maximum absolute atomic E-state index is 6.52. The van der Waals surface area contributed by atoms with E-state index >= 15 is 0 Å². The fraction of sp³-hybridized carbons (Fsp3) is 0. The third-order valence-electron chi connectivity index (χ3n) is 9.32. The van der Waals surface area contributed by atoms with Crippen molar-refractivity contribution in [1.29, 1.82) is 0 Å². The number of benzene rings is 7. The summed E-state index contributed by atoms with van der Waals surface area (Å²) in [6.07, 6.45) is 0. The van der Waals surface area contributed by atoms with Gasteiger partial charge in [-0.2, -0.15) is 0 Å². The molecule has 0 saturated carbocycles. The number of thiophene rings is 1. The molecule has 0 amide bonds. The van der Waals surface area contributed by atoms with Gasteiger partial charge in [0.25, 0.3) is 0 Å². The number of furan rings is 1. The summed E-state index contributed by atoms with van der Waals surface area (Å²) in [5, 5.41) is 5.75. The van der Waals surface area contributed by atoms with Crippen LogP contribution in [0, 0.1) is 0 Å². The molecule has 0 bridgehead atoms. The Bertz CT molecular complexity index is 2830. The summed E-state index contributed by atoms with van der Waals surface area (Å²) in [5.74, 6) is 0.700. The Kier molecular flexibility index (Phi) is 6.05. The van der Waals surface area contributed by atoms with Gasteiger partial charge >= 0.3 is 0 Å². The second-order valence-corrected chi connectivity index (χ2v) is 13.2. The predicted octanol–water partition coefficient (Wildman–Crippen LogP) is 12.6. The van der Waals surface area contributed by atoms with Crippen molar-refractivity contribution >= 4 is 64.4 Å². The van der Waals surface area contributed by atoms with Crippen molar-refractivity contribution in [3.63, 3.8) is 0 Å². The zero-order valence-corrected chi connectivity index (χ0v) is 26.5. The second kappa shape index (κ2) is 10.7. The van der Waals surface area contributed by atoms with E-state index in [-0.39, 0.29) is 0 Å². The molecule has 0 radical (unpaired) electrons. The topological polar surface area (TPSA) is 38.9 Å². The smallest absolute Gasteiger partial charge is 0.161 e. The number of nitrogens with zero attached hydrogens (tertiary/aromatic N) is 2. The van der Waals surface area contributed by atoms with Crippen LogP contribution in [-0.4, -0.2) is 9.97 Å². The van der Waals surface area contributed by atoms with Gasteiger partial charge in [0, 0.05) is 32.0 Å². The molecule has 3 heterocycles. The number of hydrogen-bond acceptors (Lipinski definition) is 4. The van der Waals surface area contributed by atoms with Crippen molar-refractivity contribution in [3.8, 4) is 44.9 Å². The lowest BCUT2D eigenvalue weighted by Gasteiger charge is -2.09. The minimum absolute atomic E-state index is 0.700. The highest BCUT2D eigenvalue weighted by Gasteiger charge is 2.20. The van der Waals surface area contributed by atoms with Gasteiger partial charge in [0.2, 0.25) is 0 Å². The molecule has 7 aromatic carbocycles. The normalized spacial score (nSPS) is 11.8. The van der Waals surface area contributed by atoms with Gasteiger partial charge in [-0.1, -0.05) is 133 Å². The first-order valence-corrected chi connectivity index (χ1v) is 16.9. The summed E-state index contributed by atoms with van der Waals surface area (Å²) in [6.45, 7) is 0. The van der Waals surface area contributed by atoms with Gasteiger partial charge in [0.05, 0.1) is 15.9 Å². The van der Waals surface area contributed by atoms with Crippen LogP contribution in [-0.2, 0) is 0 Å². The van der Waals surface area contributed by atoms with Crippen LogP contribution in [0.15, 0.2) is 162 Å². The van der Waals surface area contributed by atoms with Crippen LogP contribution in [0.1, 0.15) is 0 Å². The van der Waals surface area contributed by atoms with E-state index in [0.29, 0.717) is 5.82 Å².